The van der Waals surface area contributed by atoms with Gasteiger partial charge in [-0.15, -0.1) is 0 Å². The van der Waals surface area contributed by atoms with Crippen molar-refractivity contribution in [2.24, 2.45) is 0 Å². The summed E-state index contributed by atoms with van der Waals surface area (Å²) >= 11 is 0. The fraction of sp³-hybridized carbons (Fsp3) is 0.286. The van der Waals surface area contributed by atoms with Crippen LogP contribution in [0.5, 0.6) is 11.8 Å². The van der Waals surface area contributed by atoms with Gasteiger partial charge in [-0.2, -0.15) is 0 Å². The molecule has 3 aromatic heterocycles. The number of esters is 1. The second-order valence-electron chi connectivity index (χ2n) is 7.52. The molecule has 0 spiro atoms. The second kappa shape index (κ2) is 8.52. The molecule has 0 amide bonds. The zero-order valence-electron chi connectivity index (χ0n) is 17.5. The fourth-order valence-corrected chi connectivity index (χ4v) is 2.90. The van der Waals surface area contributed by atoms with E-state index < -0.39 is 23.7 Å². The van der Waals surface area contributed by atoms with Crippen molar-refractivity contribution in [3.05, 3.63) is 58.4 Å². The van der Waals surface area contributed by atoms with Crippen LogP contribution in [0.3, 0.4) is 0 Å². The van der Waals surface area contributed by atoms with E-state index in [1.807, 2.05) is 0 Å². The fourth-order valence-electron chi connectivity index (χ4n) is 2.90. The second-order valence-corrected chi connectivity index (χ2v) is 7.52. The normalized spacial score (nSPS) is 11.3. The number of ether oxygens (including phenoxy) is 2. The molecule has 162 valence electrons. The van der Waals surface area contributed by atoms with Crippen molar-refractivity contribution in [1.29, 1.82) is 0 Å². The van der Waals surface area contributed by atoms with Crippen LogP contribution in [0.15, 0.2) is 41.6 Å². The van der Waals surface area contributed by atoms with Crippen LogP contribution in [0, 0.1) is 0 Å². The molecule has 3 heterocycles. The maximum atomic E-state index is 13.3. The van der Waals surface area contributed by atoms with E-state index in [2.05, 4.69) is 15.0 Å². The Bertz CT molecular complexity index is 1170. The van der Waals surface area contributed by atoms with Crippen molar-refractivity contribution in [1.82, 2.24) is 19.5 Å². The molecule has 10 heteroatoms. The molecule has 0 atom stereocenters. The Morgan fingerprint density at radius 2 is 1.87 bits per heavy atom. The number of aliphatic hydroxyl groups excluding tert-OH is 1. The minimum Gasteiger partial charge on any atom is -0.506 e. The van der Waals surface area contributed by atoms with Crippen LogP contribution in [-0.4, -0.2) is 48.4 Å². The lowest BCUT2D eigenvalue weighted by Gasteiger charge is -2.21. The van der Waals surface area contributed by atoms with Gasteiger partial charge >= 0.3 is 12.0 Å². The molecule has 0 saturated carbocycles. The third-order valence-corrected chi connectivity index (χ3v) is 4.17. The van der Waals surface area contributed by atoms with E-state index >= 15 is 0 Å². The summed E-state index contributed by atoms with van der Waals surface area (Å²) in [5.41, 5.74) is -1.37. The van der Waals surface area contributed by atoms with E-state index in [0.29, 0.717) is 0 Å². The van der Waals surface area contributed by atoms with Gasteiger partial charge in [0.15, 0.2) is 0 Å². The Morgan fingerprint density at radius 1 is 1.19 bits per heavy atom. The minimum atomic E-state index is -0.859. The number of methoxy groups -OCH3 is 1. The Labute approximate surface area is 177 Å². The number of aromatic nitrogens is 4. The molecule has 0 bridgehead atoms. The van der Waals surface area contributed by atoms with Crippen LogP contribution in [0.1, 0.15) is 36.8 Å². The summed E-state index contributed by atoms with van der Waals surface area (Å²) < 4.78 is 11.4. The van der Waals surface area contributed by atoms with Crippen LogP contribution >= 0.6 is 0 Å². The van der Waals surface area contributed by atoms with Gasteiger partial charge in [0.2, 0.25) is 0 Å². The highest BCUT2D eigenvalue weighted by molar-refractivity contribution is 5.91. The van der Waals surface area contributed by atoms with Crippen molar-refractivity contribution in [3.8, 4) is 28.7 Å². The summed E-state index contributed by atoms with van der Waals surface area (Å²) in [4.78, 5) is 38.2. The standard InChI is InChI=1S/C21H22N4O6/c1-21(2,3)31-19(29)14-8-13(17-16(27)6-5-7-22-17)15(11-26)25(18(14)28)12-9-23-20(30-4)24-10-12/h5-10,26-27H,11H2,1-4H3. The first kappa shape index (κ1) is 21.9. The quantitative estimate of drug-likeness (QED) is 0.586. The predicted octanol–water partition coefficient (Wildman–Crippen LogP) is 1.85. The number of carbonyl (C=O) groups is 1. The summed E-state index contributed by atoms with van der Waals surface area (Å²) in [7, 11) is 1.39. The molecule has 0 fully saturated rings. The number of pyridine rings is 2. The zero-order valence-corrected chi connectivity index (χ0v) is 17.5. The highest BCUT2D eigenvalue weighted by Crippen LogP contribution is 2.31. The summed E-state index contributed by atoms with van der Waals surface area (Å²) in [5.74, 6) is -1.05. The van der Waals surface area contributed by atoms with Gasteiger partial charge in [0.25, 0.3) is 5.56 Å². The monoisotopic (exact) mass is 426 g/mol. The van der Waals surface area contributed by atoms with Crippen LogP contribution in [-0.2, 0) is 11.3 Å². The van der Waals surface area contributed by atoms with Gasteiger partial charge < -0.3 is 19.7 Å². The summed E-state index contributed by atoms with van der Waals surface area (Å²) in [6.07, 6.45) is 4.07. The summed E-state index contributed by atoms with van der Waals surface area (Å²) in [5, 5.41) is 20.4. The Balaban J connectivity index is 2.35. The SMILES string of the molecule is COc1ncc(-n2c(CO)c(-c3ncccc3O)cc(C(=O)OC(C)(C)C)c2=O)cn1. The molecule has 3 rings (SSSR count). The molecule has 0 radical (unpaired) electrons. The molecule has 0 saturated heterocycles. The van der Waals surface area contributed by atoms with Gasteiger partial charge in [0.05, 0.1) is 37.5 Å². The van der Waals surface area contributed by atoms with E-state index in [4.69, 9.17) is 9.47 Å². The maximum absolute atomic E-state index is 13.3. The van der Waals surface area contributed by atoms with E-state index in [0.717, 1.165) is 4.57 Å². The molecular formula is C21H22N4O6. The van der Waals surface area contributed by atoms with Gasteiger partial charge in [-0.1, -0.05) is 0 Å². The first-order valence-electron chi connectivity index (χ1n) is 9.30. The number of nitrogens with zero attached hydrogens (tertiary/aromatic N) is 4. The molecule has 0 aliphatic rings. The third kappa shape index (κ3) is 4.53. The van der Waals surface area contributed by atoms with Gasteiger partial charge in [-0.25, -0.2) is 14.8 Å². The molecule has 10 nitrogen and oxygen atoms in total. The van der Waals surface area contributed by atoms with Crippen molar-refractivity contribution in [2.75, 3.05) is 7.11 Å². The average Bonchev–Trinajstić information content (AvgIpc) is 2.72. The van der Waals surface area contributed by atoms with E-state index in [1.165, 1.54) is 43.9 Å². The largest absolute Gasteiger partial charge is 0.506 e. The molecule has 0 unspecified atom stereocenters. The lowest BCUT2D eigenvalue weighted by Crippen LogP contribution is -2.33. The van der Waals surface area contributed by atoms with Gasteiger partial charge in [0, 0.05) is 11.8 Å². The van der Waals surface area contributed by atoms with Gasteiger partial charge in [0.1, 0.15) is 22.6 Å². The molecule has 0 aliphatic carbocycles. The van der Waals surface area contributed by atoms with Gasteiger partial charge in [-0.05, 0) is 39.0 Å². The number of rotatable bonds is 5. The molecule has 3 aromatic rings. The average molecular weight is 426 g/mol. The summed E-state index contributed by atoms with van der Waals surface area (Å²) in [6.45, 7) is 4.43. The lowest BCUT2D eigenvalue weighted by molar-refractivity contribution is 0.00670. The maximum Gasteiger partial charge on any atom is 0.344 e. The van der Waals surface area contributed by atoms with Crippen molar-refractivity contribution in [2.45, 2.75) is 33.0 Å². The highest BCUT2D eigenvalue weighted by Gasteiger charge is 2.26. The molecular weight excluding hydrogens is 404 g/mol. The highest BCUT2D eigenvalue weighted by atomic mass is 16.6. The molecule has 0 aliphatic heterocycles. The topological polar surface area (TPSA) is 137 Å². The number of hydrogen-bond acceptors (Lipinski definition) is 9. The Kier molecular flexibility index (Phi) is 6.02. The zero-order chi connectivity index (χ0) is 22.8. The molecule has 0 aromatic carbocycles. The Morgan fingerprint density at radius 3 is 2.42 bits per heavy atom. The first-order chi connectivity index (χ1) is 14.7. The lowest BCUT2D eigenvalue weighted by atomic mass is 10.0. The van der Waals surface area contributed by atoms with Crippen molar-refractivity contribution >= 4 is 5.97 Å². The van der Waals surface area contributed by atoms with Crippen LogP contribution < -0.4 is 10.3 Å². The van der Waals surface area contributed by atoms with Crippen LogP contribution in [0.25, 0.3) is 16.9 Å². The Hall–Kier alpha value is -3.79. The van der Waals surface area contributed by atoms with Crippen molar-refractivity contribution < 1.29 is 24.5 Å². The number of carbonyl (C=O) groups excluding carboxylic acids is 1. The van der Waals surface area contributed by atoms with Gasteiger partial charge in [-0.3, -0.25) is 14.3 Å². The minimum absolute atomic E-state index is 0.0771. The smallest absolute Gasteiger partial charge is 0.344 e. The third-order valence-electron chi connectivity index (χ3n) is 4.17. The predicted molar refractivity (Wildman–Crippen MR) is 110 cm³/mol. The number of hydrogen-bond donors (Lipinski definition) is 2. The summed E-state index contributed by atoms with van der Waals surface area (Å²) in [6, 6.07) is 4.26. The molecule has 2 N–H and O–H groups in total. The van der Waals surface area contributed by atoms with Crippen LogP contribution in [0.4, 0.5) is 0 Å². The van der Waals surface area contributed by atoms with E-state index in [1.54, 1.807) is 20.8 Å². The van der Waals surface area contributed by atoms with E-state index in [-0.39, 0.29) is 40.0 Å². The molecule has 31 heavy (non-hydrogen) atoms. The van der Waals surface area contributed by atoms with Crippen molar-refractivity contribution in [3.63, 3.8) is 0 Å². The number of aliphatic hydroxyl groups is 1. The first-order valence-corrected chi connectivity index (χ1v) is 9.30. The van der Waals surface area contributed by atoms with E-state index in [9.17, 15) is 19.8 Å². The number of aromatic hydroxyl groups is 1. The van der Waals surface area contributed by atoms with Crippen LogP contribution in [0.2, 0.25) is 0 Å².